The first-order valence-electron chi connectivity index (χ1n) is 9.86. The van der Waals surface area contributed by atoms with Crippen molar-refractivity contribution in [2.24, 2.45) is 16.5 Å². The minimum atomic E-state index is -0.363. The smallest absolute Gasteiger partial charge is 0.333 e. The van der Waals surface area contributed by atoms with Crippen LogP contribution in [-0.4, -0.2) is 35.3 Å². The van der Waals surface area contributed by atoms with Crippen LogP contribution in [-0.2, 0) is 13.1 Å². The van der Waals surface area contributed by atoms with E-state index in [0.717, 1.165) is 16.8 Å². The predicted molar refractivity (Wildman–Crippen MR) is 120 cm³/mol. The van der Waals surface area contributed by atoms with Gasteiger partial charge < -0.3 is 21.1 Å². The molecule has 1 aliphatic rings. The molecular formula is C22H24N6O3. The third kappa shape index (κ3) is 4.02. The molecule has 0 aliphatic carbocycles. The molecule has 4 rings (SSSR count). The van der Waals surface area contributed by atoms with Gasteiger partial charge in [0, 0.05) is 18.7 Å². The molecule has 1 aromatic heterocycles. The summed E-state index contributed by atoms with van der Waals surface area (Å²) in [6.45, 7) is 1.25. The van der Waals surface area contributed by atoms with E-state index in [2.05, 4.69) is 4.99 Å². The normalized spacial score (nSPS) is 12.1. The summed E-state index contributed by atoms with van der Waals surface area (Å²) >= 11 is 0. The molecule has 160 valence electrons. The molecule has 0 bridgehead atoms. The van der Waals surface area contributed by atoms with Crippen molar-refractivity contribution in [1.82, 2.24) is 9.13 Å². The number of aromatic nitrogens is 2. The van der Waals surface area contributed by atoms with Gasteiger partial charge in [0.1, 0.15) is 11.6 Å². The molecule has 4 N–H and O–H groups in total. The van der Waals surface area contributed by atoms with Gasteiger partial charge in [-0.3, -0.25) is 18.9 Å². The summed E-state index contributed by atoms with van der Waals surface area (Å²) < 4.78 is 8.22. The van der Waals surface area contributed by atoms with Gasteiger partial charge in [-0.25, -0.2) is 4.79 Å². The summed E-state index contributed by atoms with van der Waals surface area (Å²) in [5.41, 5.74) is 12.9. The van der Waals surface area contributed by atoms with Gasteiger partial charge in [0.2, 0.25) is 0 Å². The van der Waals surface area contributed by atoms with Crippen LogP contribution in [0.4, 0.5) is 11.5 Å². The SMILES string of the molecule is COc1ccc2c(c1)N(CCN=C(N)N)c1cc(=O)n(Cc3ccccc3)c(=O)n1C2. The number of nitrogens with two attached hydrogens (primary N) is 2. The number of guanidine groups is 1. The maximum Gasteiger partial charge on any atom is 0.333 e. The lowest BCUT2D eigenvalue weighted by atomic mass is 10.1. The van der Waals surface area contributed by atoms with E-state index in [4.69, 9.17) is 16.2 Å². The van der Waals surface area contributed by atoms with E-state index in [0.29, 0.717) is 31.2 Å². The fraction of sp³-hybridized carbons (Fsp3) is 0.227. The molecule has 0 fully saturated rings. The van der Waals surface area contributed by atoms with Crippen LogP contribution in [0.25, 0.3) is 0 Å². The van der Waals surface area contributed by atoms with Crippen LogP contribution in [0.15, 0.2) is 69.2 Å². The summed E-state index contributed by atoms with van der Waals surface area (Å²) in [4.78, 5) is 32.1. The lowest BCUT2D eigenvalue weighted by molar-refractivity contribution is 0.414. The van der Waals surface area contributed by atoms with E-state index >= 15 is 0 Å². The topological polar surface area (TPSA) is 121 Å². The lowest BCUT2D eigenvalue weighted by Crippen LogP contribution is -2.44. The lowest BCUT2D eigenvalue weighted by Gasteiger charge is -2.34. The number of anilines is 2. The number of methoxy groups -OCH3 is 1. The monoisotopic (exact) mass is 420 g/mol. The largest absolute Gasteiger partial charge is 0.497 e. The molecule has 0 saturated carbocycles. The molecule has 3 aromatic rings. The Balaban J connectivity index is 1.81. The zero-order valence-electron chi connectivity index (χ0n) is 17.2. The second-order valence-electron chi connectivity index (χ2n) is 7.23. The summed E-state index contributed by atoms with van der Waals surface area (Å²) in [6, 6.07) is 16.6. The molecule has 0 atom stereocenters. The summed E-state index contributed by atoms with van der Waals surface area (Å²) in [7, 11) is 1.59. The van der Waals surface area contributed by atoms with Crippen LogP contribution in [0.2, 0.25) is 0 Å². The van der Waals surface area contributed by atoms with Crippen molar-refractivity contribution in [1.29, 1.82) is 0 Å². The Morgan fingerprint density at radius 1 is 1.10 bits per heavy atom. The minimum Gasteiger partial charge on any atom is -0.497 e. The number of aliphatic imine (C=N–C) groups is 1. The summed E-state index contributed by atoms with van der Waals surface area (Å²) in [5.74, 6) is 1.17. The highest BCUT2D eigenvalue weighted by Gasteiger charge is 2.26. The van der Waals surface area contributed by atoms with Gasteiger partial charge in [-0.1, -0.05) is 36.4 Å². The van der Waals surface area contributed by atoms with Crippen LogP contribution >= 0.6 is 0 Å². The van der Waals surface area contributed by atoms with E-state index < -0.39 is 0 Å². The van der Waals surface area contributed by atoms with Crippen molar-refractivity contribution in [3.8, 4) is 5.75 Å². The Morgan fingerprint density at radius 2 is 1.87 bits per heavy atom. The Kier molecular flexibility index (Phi) is 5.48. The molecule has 0 unspecified atom stereocenters. The van der Waals surface area contributed by atoms with E-state index in [1.165, 1.54) is 10.6 Å². The zero-order valence-corrected chi connectivity index (χ0v) is 17.2. The first kappa shape index (κ1) is 20.3. The number of benzene rings is 2. The molecule has 2 heterocycles. The van der Waals surface area contributed by atoms with Crippen molar-refractivity contribution in [2.45, 2.75) is 13.1 Å². The second-order valence-corrected chi connectivity index (χ2v) is 7.23. The van der Waals surface area contributed by atoms with Gasteiger partial charge in [-0.15, -0.1) is 0 Å². The molecule has 1 aliphatic heterocycles. The van der Waals surface area contributed by atoms with Crippen LogP contribution < -0.4 is 32.4 Å². The van der Waals surface area contributed by atoms with E-state index in [1.54, 1.807) is 11.7 Å². The molecule has 2 aromatic carbocycles. The highest BCUT2D eigenvalue weighted by atomic mass is 16.5. The Labute approximate surface area is 178 Å². The molecule has 0 spiro atoms. The highest BCUT2D eigenvalue weighted by Crippen LogP contribution is 2.35. The number of fused-ring (bicyclic) bond motifs is 2. The first-order valence-corrected chi connectivity index (χ1v) is 9.86. The van der Waals surface area contributed by atoms with E-state index in [-0.39, 0.29) is 23.8 Å². The molecule has 9 heteroatoms. The van der Waals surface area contributed by atoms with Crippen LogP contribution in [0.3, 0.4) is 0 Å². The number of nitrogens with zero attached hydrogens (tertiary/aromatic N) is 4. The van der Waals surface area contributed by atoms with E-state index in [1.807, 2.05) is 53.4 Å². The quantitative estimate of drug-likeness (QED) is 0.450. The van der Waals surface area contributed by atoms with Crippen LogP contribution in [0.5, 0.6) is 5.75 Å². The van der Waals surface area contributed by atoms with Gasteiger partial charge >= 0.3 is 5.69 Å². The van der Waals surface area contributed by atoms with Gasteiger partial charge in [0.15, 0.2) is 5.96 Å². The van der Waals surface area contributed by atoms with Crippen molar-refractivity contribution >= 4 is 17.5 Å². The van der Waals surface area contributed by atoms with Crippen LogP contribution in [0, 0.1) is 0 Å². The van der Waals surface area contributed by atoms with Crippen molar-refractivity contribution in [3.63, 3.8) is 0 Å². The average molecular weight is 420 g/mol. The van der Waals surface area contributed by atoms with Crippen molar-refractivity contribution in [3.05, 3.63) is 86.6 Å². The molecule has 0 radical (unpaired) electrons. The summed E-state index contributed by atoms with van der Waals surface area (Å²) in [5, 5.41) is 0. The van der Waals surface area contributed by atoms with Gasteiger partial charge in [0.25, 0.3) is 5.56 Å². The number of ether oxygens (including phenoxy) is 1. The molecule has 0 saturated heterocycles. The minimum absolute atomic E-state index is 0.0152. The maximum atomic E-state index is 13.3. The molecular weight excluding hydrogens is 396 g/mol. The fourth-order valence-electron chi connectivity index (χ4n) is 3.75. The first-order chi connectivity index (χ1) is 15.0. The van der Waals surface area contributed by atoms with Gasteiger partial charge in [0.05, 0.1) is 32.4 Å². The van der Waals surface area contributed by atoms with Crippen molar-refractivity contribution in [2.75, 3.05) is 25.1 Å². The van der Waals surface area contributed by atoms with Gasteiger partial charge in [-0.2, -0.15) is 0 Å². The number of rotatable bonds is 6. The van der Waals surface area contributed by atoms with E-state index in [9.17, 15) is 9.59 Å². The Bertz CT molecular complexity index is 1240. The average Bonchev–Trinajstić information content (AvgIpc) is 2.77. The second kappa shape index (κ2) is 8.39. The third-order valence-corrected chi connectivity index (χ3v) is 5.25. The fourth-order valence-corrected chi connectivity index (χ4v) is 3.75. The molecule has 31 heavy (non-hydrogen) atoms. The number of hydrogen-bond acceptors (Lipinski definition) is 5. The highest BCUT2D eigenvalue weighted by molar-refractivity contribution is 5.75. The standard InChI is InChI=1S/C22H24N6O3/c1-31-17-8-7-16-14-27-19(26(18(16)11-17)10-9-25-21(23)24)12-20(29)28(22(27)30)13-15-5-3-2-4-6-15/h2-8,11-12H,9-10,13-14H2,1H3,(H4,23,24,25). The molecule has 9 nitrogen and oxygen atoms in total. The summed E-state index contributed by atoms with van der Waals surface area (Å²) in [6.07, 6.45) is 0. The number of hydrogen-bond donors (Lipinski definition) is 2. The Hall–Kier alpha value is -4.01. The van der Waals surface area contributed by atoms with Gasteiger partial charge in [-0.05, 0) is 17.2 Å². The maximum absolute atomic E-state index is 13.3. The molecule has 0 amide bonds. The Morgan fingerprint density at radius 3 is 2.58 bits per heavy atom. The zero-order chi connectivity index (χ0) is 22.0. The van der Waals surface area contributed by atoms with Crippen molar-refractivity contribution < 1.29 is 4.74 Å². The third-order valence-electron chi connectivity index (χ3n) is 5.25. The predicted octanol–water partition coefficient (Wildman–Crippen LogP) is 0.840. The van der Waals surface area contributed by atoms with Crippen LogP contribution in [0.1, 0.15) is 11.1 Å².